The highest BCUT2D eigenvalue weighted by molar-refractivity contribution is 7.90. The first-order valence-electron chi connectivity index (χ1n) is 7.99. The summed E-state index contributed by atoms with van der Waals surface area (Å²) >= 11 is 0. The number of hydrogen-bond acceptors (Lipinski definition) is 7. The van der Waals surface area contributed by atoms with Crippen LogP contribution in [0.15, 0.2) is 27.6 Å². The molecule has 1 aromatic carbocycles. The average molecular weight is 417 g/mol. The zero-order chi connectivity index (χ0) is 20.9. The number of halogens is 3. The van der Waals surface area contributed by atoms with E-state index in [0.717, 1.165) is 25.5 Å². The number of rotatable bonds is 5. The number of nitrogens with zero attached hydrogens (tertiary/aromatic N) is 1. The summed E-state index contributed by atoms with van der Waals surface area (Å²) < 4.78 is 73.4. The standard InChI is InChI=1S/C17H14F3NO6S/c1-26-16(23)13-12(15(27-21-13)8-3-4-8)14(22)10-6-5-9(28(2,24)25)7-11(10)17(18,19)20/h5-8H,3-4H2,1-2H3. The van der Waals surface area contributed by atoms with Crippen LogP contribution in [0.1, 0.15) is 56.5 Å². The normalized spacial score (nSPS) is 14.8. The summed E-state index contributed by atoms with van der Waals surface area (Å²) in [5.74, 6) is -2.38. The Morgan fingerprint density at radius 3 is 2.39 bits per heavy atom. The molecule has 7 nitrogen and oxygen atoms in total. The van der Waals surface area contributed by atoms with Crippen molar-refractivity contribution in [3.63, 3.8) is 0 Å². The molecule has 3 rings (SSSR count). The second-order valence-corrected chi connectivity index (χ2v) is 8.36. The van der Waals surface area contributed by atoms with Crippen LogP contribution in [-0.4, -0.2) is 38.7 Å². The third-order valence-corrected chi connectivity index (χ3v) is 5.35. The molecule has 28 heavy (non-hydrogen) atoms. The number of esters is 1. The monoisotopic (exact) mass is 417 g/mol. The highest BCUT2D eigenvalue weighted by Crippen LogP contribution is 2.44. The molecule has 0 amide bonds. The van der Waals surface area contributed by atoms with Crippen molar-refractivity contribution in [3.8, 4) is 0 Å². The van der Waals surface area contributed by atoms with E-state index in [0.29, 0.717) is 18.9 Å². The van der Waals surface area contributed by atoms with Crippen molar-refractivity contribution in [1.82, 2.24) is 5.16 Å². The Morgan fingerprint density at radius 2 is 1.89 bits per heavy atom. The number of methoxy groups -OCH3 is 1. The average Bonchev–Trinajstić information content (AvgIpc) is 3.36. The fourth-order valence-corrected chi connectivity index (χ4v) is 3.35. The molecule has 1 heterocycles. The lowest BCUT2D eigenvalue weighted by atomic mass is 9.95. The first-order valence-corrected chi connectivity index (χ1v) is 9.88. The molecule has 2 aromatic rings. The maximum absolute atomic E-state index is 13.5. The molecule has 1 fully saturated rings. The molecule has 0 saturated heterocycles. The fraction of sp³-hybridized carbons (Fsp3) is 0.353. The van der Waals surface area contributed by atoms with Crippen molar-refractivity contribution in [2.75, 3.05) is 13.4 Å². The third kappa shape index (κ3) is 3.66. The van der Waals surface area contributed by atoms with Crippen LogP contribution in [0.2, 0.25) is 0 Å². The van der Waals surface area contributed by atoms with Crippen LogP contribution in [0.4, 0.5) is 13.2 Å². The summed E-state index contributed by atoms with van der Waals surface area (Å²) in [4.78, 5) is 24.3. The largest absolute Gasteiger partial charge is 0.464 e. The van der Waals surface area contributed by atoms with Crippen LogP contribution in [0, 0.1) is 0 Å². The van der Waals surface area contributed by atoms with E-state index in [9.17, 15) is 31.2 Å². The van der Waals surface area contributed by atoms with Gasteiger partial charge in [0.25, 0.3) is 0 Å². The molecule has 1 aliphatic carbocycles. The van der Waals surface area contributed by atoms with Crippen molar-refractivity contribution in [2.45, 2.75) is 29.8 Å². The molecule has 0 aliphatic heterocycles. The van der Waals surface area contributed by atoms with Gasteiger partial charge in [0.05, 0.1) is 17.6 Å². The van der Waals surface area contributed by atoms with Crippen molar-refractivity contribution >= 4 is 21.6 Å². The number of ketones is 1. The molecule has 150 valence electrons. The van der Waals surface area contributed by atoms with Crippen molar-refractivity contribution in [2.24, 2.45) is 0 Å². The van der Waals surface area contributed by atoms with Gasteiger partial charge in [0.15, 0.2) is 21.4 Å². The second kappa shape index (κ2) is 6.73. The summed E-state index contributed by atoms with van der Waals surface area (Å²) in [6.45, 7) is 0. The van der Waals surface area contributed by atoms with Gasteiger partial charge in [-0.15, -0.1) is 0 Å². The van der Waals surface area contributed by atoms with E-state index >= 15 is 0 Å². The number of hydrogen-bond donors (Lipinski definition) is 0. The Labute approximate surface area is 157 Å². The Bertz CT molecular complexity index is 1070. The zero-order valence-electron chi connectivity index (χ0n) is 14.7. The van der Waals surface area contributed by atoms with Crippen LogP contribution >= 0.6 is 0 Å². The van der Waals surface area contributed by atoms with E-state index in [2.05, 4.69) is 9.89 Å². The summed E-state index contributed by atoms with van der Waals surface area (Å²) in [5.41, 5.74) is -3.16. The van der Waals surface area contributed by atoms with Crippen LogP contribution in [0.5, 0.6) is 0 Å². The van der Waals surface area contributed by atoms with Gasteiger partial charge in [0.1, 0.15) is 5.56 Å². The first-order chi connectivity index (χ1) is 12.9. The van der Waals surface area contributed by atoms with Crippen LogP contribution < -0.4 is 0 Å². The minimum atomic E-state index is -5.01. The summed E-state index contributed by atoms with van der Waals surface area (Å²) in [6, 6.07) is 2.07. The molecule has 0 radical (unpaired) electrons. The van der Waals surface area contributed by atoms with Gasteiger partial charge in [0, 0.05) is 17.7 Å². The molecule has 1 aromatic heterocycles. The second-order valence-electron chi connectivity index (χ2n) is 6.34. The fourth-order valence-electron chi connectivity index (χ4n) is 2.70. The van der Waals surface area contributed by atoms with Gasteiger partial charge < -0.3 is 9.26 Å². The number of sulfone groups is 1. The summed E-state index contributed by atoms with van der Waals surface area (Å²) in [5, 5.41) is 3.50. The first kappa shape index (κ1) is 20.1. The quantitative estimate of drug-likeness (QED) is 0.544. The van der Waals surface area contributed by atoms with Crippen molar-refractivity contribution in [1.29, 1.82) is 0 Å². The molecule has 0 unspecified atom stereocenters. The lowest BCUT2D eigenvalue weighted by Gasteiger charge is -2.13. The van der Waals surface area contributed by atoms with E-state index in [1.807, 2.05) is 0 Å². The van der Waals surface area contributed by atoms with E-state index in [4.69, 9.17) is 4.52 Å². The SMILES string of the molecule is COC(=O)c1noc(C2CC2)c1C(=O)c1ccc(S(C)(=O)=O)cc1C(F)(F)F. The Morgan fingerprint density at radius 1 is 1.25 bits per heavy atom. The van der Waals surface area contributed by atoms with E-state index in [1.54, 1.807) is 0 Å². The Balaban J connectivity index is 2.21. The van der Waals surface area contributed by atoms with Crippen LogP contribution in [0.3, 0.4) is 0 Å². The number of carbonyl (C=O) groups excluding carboxylic acids is 2. The summed E-state index contributed by atoms with van der Waals surface area (Å²) in [6.07, 6.45) is -2.98. The van der Waals surface area contributed by atoms with E-state index in [1.165, 1.54) is 0 Å². The minimum Gasteiger partial charge on any atom is -0.464 e. The molecule has 0 atom stereocenters. The molecular weight excluding hydrogens is 403 g/mol. The number of carbonyl (C=O) groups is 2. The molecule has 1 aliphatic rings. The number of benzene rings is 1. The van der Waals surface area contributed by atoms with Gasteiger partial charge in [0.2, 0.25) is 5.69 Å². The Kier molecular flexibility index (Phi) is 4.82. The van der Waals surface area contributed by atoms with E-state index in [-0.39, 0.29) is 11.7 Å². The maximum atomic E-state index is 13.5. The number of alkyl halides is 3. The predicted molar refractivity (Wildman–Crippen MR) is 87.8 cm³/mol. The summed E-state index contributed by atoms with van der Waals surface area (Å²) in [7, 11) is -2.90. The molecule has 11 heteroatoms. The molecule has 0 spiro atoms. The number of aromatic nitrogens is 1. The van der Waals surface area contributed by atoms with Crippen LogP contribution in [-0.2, 0) is 20.8 Å². The number of ether oxygens (including phenoxy) is 1. The highest BCUT2D eigenvalue weighted by atomic mass is 32.2. The molecule has 1 saturated carbocycles. The molecular formula is C17H14F3NO6S. The lowest BCUT2D eigenvalue weighted by Crippen LogP contribution is -2.18. The van der Waals surface area contributed by atoms with Gasteiger partial charge in [-0.05, 0) is 31.0 Å². The topological polar surface area (TPSA) is 104 Å². The van der Waals surface area contributed by atoms with Gasteiger partial charge in [-0.2, -0.15) is 13.2 Å². The van der Waals surface area contributed by atoms with E-state index < -0.39 is 55.0 Å². The smallest absolute Gasteiger partial charge is 0.417 e. The third-order valence-electron chi connectivity index (χ3n) is 4.24. The van der Waals surface area contributed by atoms with Gasteiger partial charge in [-0.3, -0.25) is 4.79 Å². The predicted octanol–water partition coefficient (Wildman–Crippen LogP) is 2.99. The lowest BCUT2D eigenvalue weighted by molar-refractivity contribution is -0.138. The minimum absolute atomic E-state index is 0.0192. The zero-order valence-corrected chi connectivity index (χ0v) is 15.5. The Hall–Kier alpha value is -2.69. The maximum Gasteiger partial charge on any atom is 0.417 e. The van der Waals surface area contributed by atoms with Gasteiger partial charge >= 0.3 is 12.1 Å². The van der Waals surface area contributed by atoms with Crippen molar-refractivity contribution in [3.05, 3.63) is 46.3 Å². The van der Waals surface area contributed by atoms with Crippen molar-refractivity contribution < 1.29 is 40.4 Å². The molecule has 0 N–H and O–H groups in total. The highest BCUT2D eigenvalue weighted by Gasteiger charge is 2.41. The van der Waals surface area contributed by atoms with Crippen LogP contribution in [0.25, 0.3) is 0 Å². The van der Waals surface area contributed by atoms with Gasteiger partial charge in [-0.1, -0.05) is 5.16 Å². The van der Waals surface area contributed by atoms with Gasteiger partial charge in [-0.25, -0.2) is 13.2 Å². The molecule has 0 bridgehead atoms.